The monoisotopic (exact) mass is 243 g/mol. The van der Waals surface area contributed by atoms with E-state index in [4.69, 9.17) is 9.84 Å². The van der Waals surface area contributed by atoms with E-state index >= 15 is 0 Å². The van der Waals surface area contributed by atoms with Gasteiger partial charge in [-0.3, -0.25) is 9.78 Å². The zero-order valence-corrected chi connectivity index (χ0v) is 9.96. The van der Waals surface area contributed by atoms with Crippen molar-refractivity contribution in [2.45, 2.75) is 13.3 Å². The third-order valence-electron chi connectivity index (χ3n) is 2.50. The third-order valence-corrected chi connectivity index (χ3v) is 2.50. The molecule has 0 atom stereocenters. The van der Waals surface area contributed by atoms with Crippen molar-refractivity contribution in [2.24, 2.45) is 0 Å². The minimum atomic E-state index is -0.877. The van der Waals surface area contributed by atoms with Gasteiger partial charge in [0, 0.05) is 23.5 Å². The second-order valence-electron chi connectivity index (χ2n) is 3.92. The number of para-hydroxylation sites is 1. The van der Waals surface area contributed by atoms with Crippen LogP contribution in [0.25, 0.3) is 0 Å². The van der Waals surface area contributed by atoms with Gasteiger partial charge in [0.05, 0.1) is 6.42 Å². The lowest BCUT2D eigenvalue weighted by molar-refractivity contribution is -0.136. The van der Waals surface area contributed by atoms with Crippen molar-refractivity contribution in [1.82, 2.24) is 4.98 Å². The maximum atomic E-state index is 10.8. The fraction of sp³-hybridized carbons (Fsp3) is 0.143. The highest BCUT2D eigenvalue weighted by molar-refractivity contribution is 5.71. The summed E-state index contributed by atoms with van der Waals surface area (Å²) in [6.07, 6.45) is 3.29. The van der Waals surface area contributed by atoms with Gasteiger partial charge in [-0.2, -0.15) is 0 Å². The van der Waals surface area contributed by atoms with E-state index in [1.165, 1.54) is 0 Å². The number of benzene rings is 1. The molecular formula is C14H13NO3. The standard InChI is InChI=1S/C14H13NO3/c1-10-9-15-7-6-12(10)18-13-5-3-2-4-11(13)8-14(16)17/h2-7,9H,8H2,1H3,(H,16,17). The lowest BCUT2D eigenvalue weighted by atomic mass is 10.1. The highest BCUT2D eigenvalue weighted by Gasteiger charge is 2.09. The van der Waals surface area contributed by atoms with E-state index in [0.29, 0.717) is 17.1 Å². The second-order valence-corrected chi connectivity index (χ2v) is 3.92. The largest absolute Gasteiger partial charge is 0.481 e. The Bertz CT molecular complexity index is 566. The first-order chi connectivity index (χ1) is 8.66. The molecule has 0 saturated heterocycles. The van der Waals surface area contributed by atoms with E-state index in [0.717, 1.165) is 5.56 Å². The van der Waals surface area contributed by atoms with Gasteiger partial charge in [-0.25, -0.2) is 0 Å². The van der Waals surface area contributed by atoms with Gasteiger partial charge in [0.15, 0.2) is 0 Å². The molecule has 0 amide bonds. The van der Waals surface area contributed by atoms with Gasteiger partial charge in [-0.1, -0.05) is 18.2 Å². The molecule has 1 aromatic heterocycles. The Morgan fingerprint density at radius 1 is 1.28 bits per heavy atom. The number of ether oxygens (including phenoxy) is 1. The Hall–Kier alpha value is -2.36. The number of aryl methyl sites for hydroxylation is 1. The van der Waals surface area contributed by atoms with Crippen LogP contribution >= 0.6 is 0 Å². The van der Waals surface area contributed by atoms with Crippen LogP contribution in [0.15, 0.2) is 42.7 Å². The van der Waals surface area contributed by atoms with Crippen molar-refractivity contribution < 1.29 is 14.6 Å². The molecule has 1 N–H and O–H groups in total. The molecule has 0 spiro atoms. The van der Waals surface area contributed by atoms with E-state index in [9.17, 15) is 4.79 Å². The summed E-state index contributed by atoms with van der Waals surface area (Å²) in [5, 5.41) is 8.85. The molecule has 4 heteroatoms. The zero-order chi connectivity index (χ0) is 13.0. The lowest BCUT2D eigenvalue weighted by Gasteiger charge is -2.11. The van der Waals surface area contributed by atoms with Crippen LogP contribution in [0.1, 0.15) is 11.1 Å². The molecule has 0 radical (unpaired) electrons. The molecule has 0 bridgehead atoms. The van der Waals surface area contributed by atoms with Gasteiger partial charge < -0.3 is 9.84 Å². The first-order valence-corrected chi connectivity index (χ1v) is 5.55. The third kappa shape index (κ3) is 2.85. The molecule has 0 saturated carbocycles. The van der Waals surface area contributed by atoms with Gasteiger partial charge in [-0.15, -0.1) is 0 Å². The van der Waals surface area contributed by atoms with Crippen LogP contribution in [0.2, 0.25) is 0 Å². The predicted molar refractivity (Wildman–Crippen MR) is 66.8 cm³/mol. The van der Waals surface area contributed by atoms with Gasteiger partial charge in [-0.05, 0) is 19.1 Å². The number of pyridine rings is 1. The molecule has 2 rings (SSSR count). The molecule has 0 aliphatic carbocycles. The first kappa shape index (κ1) is 12.1. The Morgan fingerprint density at radius 3 is 2.78 bits per heavy atom. The summed E-state index contributed by atoms with van der Waals surface area (Å²) in [7, 11) is 0. The smallest absolute Gasteiger partial charge is 0.307 e. The fourth-order valence-corrected chi connectivity index (χ4v) is 1.61. The van der Waals surface area contributed by atoms with Crippen molar-refractivity contribution >= 4 is 5.97 Å². The van der Waals surface area contributed by atoms with Crippen LogP contribution in [0.5, 0.6) is 11.5 Å². The van der Waals surface area contributed by atoms with Crippen molar-refractivity contribution in [1.29, 1.82) is 0 Å². The second kappa shape index (κ2) is 5.31. The topological polar surface area (TPSA) is 59.4 Å². The van der Waals surface area contributed by atoms with Crippen molar-refractivity contribution in [3.8, 4) is 11.5 Å². The summed E-state index contributed by atoms with van der Waals surface area (Å²) < 4.78 is 5.74. The van der Waals surface area contributed by atoms with E-state index in [1.54, 1.807) is 36.7 Å². The SMILES string of the molecule is Cc1cnccc1Oc1ccccc1CC(=O)O. The minimum absolute atomic E-state index is 0.0553. The molecule has 2 aromatic rings. The van der Waals surface area contributed by atoms with Gasteiger partial charge >= 0.3 is 5.97 Å². The maximum Gasteiger partial charge on any atom is 0.307 e. The number of rotatable bonds is 4. The predicted octanol–water partition coefficient (Wildman–Crippen LogP) is 2.81. The van der Waals surface area contributed by atoms with Crippen LogP contribution < -0.4 is 4.74 Å². The van der Waals surface area contributed by atoms with E-state index in [2.05, 4.69) is 4.98 Å². The van der Waals surface area contributed by atoms with Gasteiger partial charge in [0.2, 0.25) is 0 Å². The molecule has 0 aliphatic heterocycles. The normalized spacial score (nSPS) is 10.1. The zero-order valence-electron chi connectivity index (χ0n) is 9.96. The van der Waals surface area contributed by atoms with E-state index in [1.807, 2.05) is 13.0 Å². The number of aliphatic carboxylic acids is 1. The molecule has 1 heterocycles. The molecule has 1 aromatic carbocycles. The first-order valence-electron chi connectivity index (χ1n) is 5.55. The summed E-state index contributed by atoms with van der Waals surface area (Å²) in [5.41, 5.74) is 1.56. The fourth-order valence-electron chi connectivity index (χ4n) is 1.61. The molecule has 0 aliphatic rings. The minimum Gasteiger partial charge on any atom is -0.481 e. The van der Waals surface area contributed by atoms with Gasteiger partial charge in [0.25, 0.3) is 0 Å². The van der Waals surface area contributed by atoms with Crippen LogP contribution in [0.3, 0.4) is 0 Å². The van der Waals surface area contributed by atoms with Crippen LogP contribution in [0.4, 0.5) is 0 Å². The summed E-state index contributed by atoms with van der Waals surface area (Å²) in [6.45, 7) is 1.89. The maximum absolute atomic E-state index is 10.8. The number of aromatic nitrogens is 1. The Labute approximate surface area is 105 Å². The molecule has 4 nitrogen and oxygen atoms in total. The number of carbonyl (C=O) groups is 1. The van der Waals surface area contributed by atoms with Crippen LogP contribution in [-0.4, -0.2) is 16.1 Å². The van der Waals surface area contributed by atoms with Crippen molar-refractivity contribution in [2.75, 3.05) is 0 Å². The lowest BCUT2D eigenvalue weighted by Crippen LogP contribution is -2.02. The Morgan fingerprint density at radius 2 is 2.06 bits per heavy atom. The summed E-state index contributed by atoms with van der Waals surface area (Å²) >= 11 is 0. The molecular weight excluding hydrogens is 230 g/mol. The number of nitrogens with zero attached hydrogens (tertiary/aromatic N) is 1. The highest BCUT2D eigenvalue weighted by Crippen LogP contribution is 2.27. The average molecular weight is 243 g/mol. The van der Waals surface area contributed by atoms with Crippen LogP contribution in [-0.2, 0) is 11.2 Å². The average Bonchev–Trinajstić information content (AvgIpc) is 2.34. The van der Waals surface area contributed by atoms with Gasteiger partial charge in [0.1, 0.15) is 11.5 Å². The van der Waals surface area contributed by atoms with Crippen LogP contribution in [0, 0.1) is 6.92 Å². The number of hydrogen-bond donors (Lipinski definition) is 1. The van der Waals surface area contributed by atoms with Crippen molar-refractivity contribution in [3.05, 3.63) is 53.9 Å². The highest BCUT2D eigenvalue weighted by atomic mass is 16.5. The van der Waals surface area contributed by atoms with E-state index in [-0.39, 0.29) is 6.42 Å². The van der Waals surface area contributed by atoms with E-state index < -0.39 is 5.97 Å². The molecule has 0 unspecified atom stereocenters. The summed E-state index contributed by atoms with van der Waals surface area (Å²) in [6, 6.07) is 8.88. The summed E-state index contributed by atoms with van der Waals surface area (Å²) in [4.78, 5) is 14.8. The summed E-state index contributed by atoms with van der Waals surface area (Å²) in [5.74, 6) is 0.370. The number of hydrogen-bond acceptors (Lipinski definition) is 3. The number of carboxylic acid groups (broad SMARTS) is 1. The Balaban J connectivity index is 2.29. The number of carboxylic acids is 1. The molecule has 18 heavy (non-hydrogen) atoms. The molecule has 0 fully saturated rings. The van der Waals surface area contributed by atoms with Crippen molar-refractivity contribution in [3.63, 3.8) is 0 Å². The molecule has 92 valence electrons. The quantitative estimate of drug-likeness (QED) is 0.897. The Kier molecular flexibility index (Phi) is 3.57.